The molecule has 1 saturated heterocycles. The van der Waals surface area contributed by atoms with Crippen molar-refractivity contribution < 1.29 is 4.79 Å². The SMILES string of the molecule is CC(C)CN(CCC(N)=S)C(C)C(=O)N1CCCCC1. The summed E-state index contributed by atoms with van der Waals surface area (Å²) in [6, 6.07) is -0.0788. The number of carbonyl (C=O) groups excluding carboxylic acids is 1. The van der Waals surface area contributed by atoms with Crippen LogP contribution in [-0.2, 0) is 4.79 Å². The van der Waals surface area contributed by atoms with E-state index in [1.807, 2.05) is 11.8 Å². The van der Waals surface area contributed by atoms with Crippen molar-refractivity contribution in [3.63, 3.8) is 0 Å². The monoisotopic (exact) mass is 299 g/mol. The van der Waals surface area contributed by atoms with Crippen LogP contribution in [0.3, 0.4) is 0 Å². The zero-order chi connectivity index (χ0) is 15.1. The van der Waals surface area contributed by atoms with Gasteiger partial charge in [-0.25, -0.2) is 0 Å². The van der Waals surface area contributed by atoms with Crippen molar-refractivity contribution in [2.45, 2.75) is 52.5 Å². The number of hydrogen-bond acceptors (Lipinski definition) is 3. The molecule has 0 aromatic carbocycles. The molecule has 0 aromatic heterocycles. The highest BCUT2D eigenvalue weighted by atomic mass is 32.1. The Morgan fingerprint density at radius 3 is 2.35 bits per heavy atom. The minimum atomic E-state index is -0.0788. The van der Waals surface area contributed by atoms with Crippen molar-refractivity contribution in [2.24, 2.45) is 11.7 Å². The third-order valence-corrected chi connectivity index (χ3v) is 4.02. The molecule has 4 nitrogen and oxygen atoms in total. The number of likely N-dealkylation sites (tertiary alicyclic amines) is 1. The summed E-state index contributed by atoms with van der Waals surface area (Å²) in [4.78, 5) is 17.3. The van der Waals surface area contributed by atoms with Gasteiger partial charge in [0.2, 0.25) is 5.91 Å². The van der Waals surface area contributed by atoms with E-state index in [0.29, 0.717) is 17.3 Å². The van der Waals surface area contributed by atoms with Gasteiger partial charge in [-0.2, -0.15) is 0 Å². The number of hydrogen-bond donors (Lipinski definition) is 1. The Balaban J connectivity index is 2.61. The van der Waals surface area contributed by atoms with Gasteiger partial charge in [0.1, 0.15) is 0 Å². The lowest BCUT2D eigenvalue weighted by molar-refractivity contribution is -0.137. The molecule has 1 amide bonds. The molecule has 5 heteroatoms. The average Bonchev–Trinajstić information content (AvgIpc) is 2.42. The smallest absolute Gasteiger partial charge is 0.239 e. The lowest BCUT2D eigenvalue weighted by Crippen LogP contribution is -2.50. The van der Waals surface area contributed by atoms with Crippen LogP contribution in [0.1, 0.15) is 46.5 Å². The average molecular weight is 299 g/mol. The Labute approximate surface area is 128 Å². The summed E-state index contributed by atoms with van der Waals surface area (Å²) in [5, 5.41) is 0. The first kappa shape index (κ1) is 17.4. The van der Waals surface area contributed by atoms with Crippen LogP contribution in [0.4, 0.5) is 0 Å². The molecule has 1 aliphatic rings. The second-order valence-corrected chi connectivity index (χ2v) is 6.69. The summed E-state index contributed by atoms with van der Waals surface area (Å²) in [5.41, 5.74) is 5.60. The van der Waals surface area contributed by atoms with Gasteiger partial charge in [0.25, 0.3) is 0 Å². The summed E-state index contributed by atoms with van der Waals surface area (Å²) in [6.45, 7) is 9.86. The van der Waals surface area contributed by atoms with E-state index in [1.165, 1.54) is 6.42 Å². The molecule has 116 valence electrons. The zero-order valence-corrected chi connectivity index (χ0v) is 13.9. The highest BCUT2D eigenvalue weighted by molar-refractivity contribution is 7.80. The van der Waals surface area contributed by atoms with Crippen LogP contribution in [0.5, 0.6) is 0 Å². The Kier molecular flexibility index (Phi) is 7.45. The number of thiocarbonyl (C=S) groups is 1. The molecule has 1 fully saturated rings. The second kappa shape index (κ2) is 8.57. The topological polar surface area (TPSA) is 49.6 Å². The summed E-state index contributed by atoms with van der Waals surface area (Å²) in [6.07, 6.45) is 4.19. The Morgan fingerprint density at radius 1 is 1.25 bits per heavy atom. The number of amides is 1. The van der Waals surface area contributed by atoms with E-state index < -0.39 is 0 Å². The maximum Gasteiger partial charge on any atom is 0.239 e. The van der Waals surface area contributed by atoms with Crippen molar-refractivity contribution in [1.82, 2.24) is 9.80 Å². The van der Waals surface area contributed by atoms with Crippen LogP contribution in [0.2, 0.25) is 0 Å². The molecule has 1 atom stereocenters. The van der Waals surface area contributed by atoms with E-state index in [-0.39, 0.29) is 11.9 Å². The van der Waals surface area contributed by atoms with Crippen LogP contribution in [0, 0.1) is 5.92 Å². The standard InChI is InChI=1S/C15H29N3OS/c1-12(2)11-18(10-7-14(16)20)13(3)15(19)17-8-5-4-6-9-17/h12-13H,4-11H2,1-3H3,(H2,16,20). The number of rotatable bonds is 7. The van der Waals surface area contributed by atoms with Gasteiger partial charge in [-0.1, -0.05) is 26.1 Å². The van der Waals surface area contributed by atoms with Crippen LogP contribution in [0.25, 0.3) is 0 Å². The fourth-order valence-electron chi connectivity index (χ4n) is 2.70. The Bertz CT molecular complexity index is 327. The van der Waals surface area contributed by atoms with Crippen LogP contribution in [-0.4, -0.2) is 52.9 Å². The Morgan fingerprint density at radius 2 is 1.85 bits per heavy atom. The number of nitrogens with two attached hydrogens (primary N) is 1. The maximum absolute atomic E-state index is 12.6. The molecular weight excluding hydrogens is 270 g/mol. The molecule has 0 radical (unpaired) electrons. The lowest BCUT2D eigenvalue weighted by Gasteiger charge is -2.35. The molecule has 0 aromatic rings. The van der Waals surface area contributed by atoms with E-state index in [2.05, 4.69) is 18.7 Å². The van der Waals surface area contributed by atoms with Gasteiger partial charge in [0.15, 0.2) is 0 Å². The molecule has 0 spiro atoms. The molecule has 0 bridgehead atoms. The third kappa shape index (κ3) is 5.75. The molecule has 1 heterocycles. The van der Waals surface area contributed by atoms with Gasteiger partial charge in [-0.3, -0.25) is 9.69 Å². The lowest BCUT2D eigenvalue weighted by atomic mass is 10.1. The zero-order valence-electron chi connectivity index (χ0n) is 13.1. The van der Waals surface area contributed by atoms with Gasteiger partial charge in [-0.05, 0) is 32.1 Å². The summed E-state index contributed by atoms with van der Waals surface area (Å²) in [7, 11) is 0. The number of nitrogens with zero attached hydrogens (tertiary/aromatic N) is 2. The highest BCUT2D eigenvalue weighted by Gasteiger charge is 2.27. The molecule has 0 aliphatic carbocycles. The first-order chi connectivity index (χ1) is 9.41. The van der Waals surface area contributed by atoms with Gasteiger partial charge >= 0.3 is 0 Å². The molecule has 1 aliphatic heterocycles. The maximum atomic E-state index is 12.6. The first-order valence-electron chi connectivity index (χ1n) is 7.73. The normalized spacial score (nSPS) is 17.6. The van der Waals surface area contributed by atoms with Crippen LogP contribution >= 0.6 is 12.2 Å². The molecule has 1 unspecified atom stereocenters. The minimum Gasteiger partial charge on any atom is -0.393 e. The van der Waals surface area contributed by atoms with Crippen molar-refractivity contribution in [1.29, 1.82) is 0 Å². The predicted octanol–water partition coefficient (Wildman–Crippen LogP) is 2.02. The molecule has 20 heavy (non-hydrogen) atoms. The minimum absolute atomic E-state index is 0.0788. The van der Waals surface area contributed by atoms with E-state index in [4.69, 9.17) is 18.0 Å². The fraction of sp³-hybridized carbons (Fsp3) is 0.867. The van der Waals surface area contributed by atoms with Crippen molar-refractivity contribution in [3.05, 3.63) is 0 Å². The highest BCUT2D eigenvalue weighted by Crippen LogP contribution is 2.14. The van der Waals surface area contributed by atoms with Gasteiger partial charge < -0.3 is 10.6 Å². The first-order valence-corrected chi connectivity index (χ1v) is 8.13. The Hall–Kier alpha value is -0.680. The third-order valence-electron chi connectivity index (χ3n) is 3.82. The van der Waals surface area contributed by atoms with Crippen LogP contribution < -0.4 is 5.73 Å². The summed E-state index contributed by atoms with van der Waals surface area (Å²) < 4.78 is 0. The quantitative estimate of drug-likeness (QED) is 0.731. The summed E-state index contributed by atoms with van der Waals surface area (Å²) in [5.74, 6) is 0.784. The van der Waals surface area contributed by atoms with Crippen molar-refractivity contribution >= 4 is 23.1 Å². The molecule has 0 saturated carbocycles. The van der Waals surface area contributed by atoms with E-state index in [9.17, 15) is 4.79 Å². The van der Waals surface area contributed by atoms with E-state index in [1.54, 1.807) is 0 Å². The predicted molar refractivity (Wildman–Crippen MR) is 87.7 cm³/mol. The number of piperidine rings is 1. The number of carbonyl (C=O) groups is 1. The molecular formula is C15H29N3OS. The second-order valence-electron chi connectivity index (χ2n) is 6.17. The van der Waals surface area contributed by atoms with E-state index in [0.717, 1.165) is 39.0 Å². The van der Waals surface area contributed by atoms with E-state index >= 15 is 0 Å². The van der Waals surface area contributed by atoms with Crippen molar-refractivity contribution in [3.8, 4) is 0 Å². The van der Waals surface area contributed by atoms with Gasteiger partial charge in [0, 0.05) is 32.6 Å². The van der Waals surface area contributed by atoms with Gasteiger partial charge in [0.05, 0.1) is 11.0 Å². The van der Waals surface area contributed by atoms with Gasteiger partial charge in [-0.15, -0.1) is 0 Å². The fourth-order valence-corrected chi connectivity index (χ4v) is 2.79. The largest absolute Gasteiger partial charge is 0.393 e. The molecule has 1 rings (SSSR count). The van der Waals surface area contributed by atoms with Crippen LogP contribution in [0.15, 0.2) is 0 Å². The molecule has 2 N–H and O–H groups in total. The van der Waals surface area contributed by atoms with Crippen molar-refractivity contribution in [2.75, 3.05) is 26.2 Å². The summed E-state index contributed by atoms with van der Waals surface area (Å²) >= 11 is 4.96.